The molecule has 2 saturated heterocycles. The average molecular weight is 413 g/mol. The molecule has 0 unspecified atom stereocenters. The van der Waals surface area contributed by atoms with Crippen LogP contribution in [0.15, 0.2) is 22.7 Å². The Morgan fingerprint density at radius 2 is 2.20 bits per heavy atom. The van der Waals surface area contributed by atoms with Crippen molar-refractivity contribution in [3.05, 3.63) is 22.7 Å². The summed E-state index contributed by atoms with van der Waals surface area (Å²) in [6.45, 7) is 0.0726. The van der Waals surface area contributed by atoms with E-state index in [0.29, 0.717) is 15.9 Å². The summed E-state index contributed by atoms with van der Waals surface area (Å²) in [4.78, 5) is 25.3. The first kappa shape index (κ1) is 17.8. The first-order valence-corrected chi connectivity index (χ1v) is 9.04. The first-order chi connectivity index (χ1) is 11.9. The number of carbonyl (C=O) groups is 2. The van der Waals surface area contributed by atoms with E-state index in [1.165, 1.54) is 4.90 Å². The van der Waals surface area contributed by atoms with Crippen LogP contribution in [0.4, 0.5) is 15.3 Å². The molecule has 8 heteroatoms. The van der Waals surface area contributed by atoms with Crippen molar-refractivity contribution >= 4 is 33.8 Å². The summed E-state index contributed by atoms with van der Waals surface area (Å²) in [5.41, 5.74) is -0.0533. The van der Waals surface area contributed by atoms with Gasteiger partial charge in [0.15, 0.2) is 0 Å². The van der Waals surface area contributed by atoms with E-state index in [1.807, 2.05) is 0 Å². The molecular formula is C17H21BrN2O5. The number of nitrogens with one attached hydrogen (secondary N) is 1. The lowest BCUT2D eigenvalue weighted by molar-refractivity contribution is 0.0110. The van der Waals surface area contributed by atoms with Gasteiger partial charge in [0.25, 0.3) is 0 Å². The van der Waals surface area contributed by atoms with Gasteiger partial charge in [0.05, 0.1) is 18.3 Å². The van der Waals surface area contributed by atoms with Crippen molar-refractivity contribution < 1.29 is 24.2 Å². The zero-order valence-electron chi connectivity index (χ0n) is 14.0. The topological polar surface area (TPSA) is 88.1 Å². The molecule has 0 aliphatic carbocycles. The van der Waals surface area contributed by atoms with Crippen LogP contribution in [-0.2, 0) is 4.74 Å². The molecule has 2 N–H and O–H groups in total. The SMILES string of the molecule is COc1ccc(Br)c(NC(=O)OC[C@]23CCC[C@H](CC2)N3C(=O)O)c1. The Morgan fingerprint density at radius 3 is 2.92 bits per heavy atom. The summed E-state index contributed by atoms with van der Waals surface area (Å²) in [6.07, 6.45) is 2.60. The molecule has 0 aromatic heterocycles. The molecule has 25 heavy (non-hydrogen) atoms. The van der Waals surface area contributed by atoms with E-state index in [-0.39, 0.29) is 12.6 Å². The first-order valence-electron chi connectivity index (χ1n) is 8.25. The van der Waals surface area contributed by atoms with E-state index >= 15 is 0 Å². The molecule has 2 aliphatic heterocycles. The quantitative estimate of drug-likeness (QED) is 0.777. The highest BCUT2D eigenvalue weighted by Gasteiger charge is 2.52. The van der Waals surface area contributed by atoms with Crippen LogP contribution in [-0.4, -0.2) is 47.5 Å². The summed E-state index contributed by atoms with van der Waals surface area (Å²) in [5, 5.41) is 12.2. The molecule has 1 aromatic rings. The molecule has 2 atom stereocenters. The van der Waals surface area contributed by atoms with Crippen LogP contribution in [0.2, 0.25) is 0 Å². The van der Waals surface area contributed by atoms with Crippen LogP contribution in [0.25, 0.3) is 0 Å². The van der Waals surface area contributed by atoms with Crippen LogP contribution in [0.1, 0.15) is 32.1 Å². The third kappa shape index (κ3) is 3.53. The molecular weight excluding hydrogens is 392 g/mol. The Labute approximate surface area is 154 Å². The number of hydrogen-bond donors (Lipinski definition) is 2. The van der Waals surface area contributed by atoms with Gasteiger partial charge in [-0.2, -0.15) is 0 Å². The minimum absolute atomic E-state index is 0.0467. The van der Waals surface area contributed by atoms with Crippen LogP contribution < -0.4 is 10.1 Å². The highest BCUT2D eigenvalue weighted by molar-refractivity contribution is 9.10. The molecule has 2 bridgehead atoms. The zero-order valence-corrected chi connectivity index (χ0v) is 15.5. The largest absolute Gasteiger partial charge is 0.497 e. The number of nitrogens with zero attached hydrogens (tertiary/aromatic N) is 1. The maximum absolute atomic E-state index is 12.2. The smallest absolute Gasteiger partial charge is 0.411 e. The number of piperidine rings is 1. The van der Waals surface area contributed by atoms with Gasteiger partial charge in [0.2, 0.25) is 0 Å². The fourth-order valence-corrected chi connectivity index (χ4v) is 4.25. The van der Waals surface area contributed by atoms with E-state index in [4.69, 9.17) is 9.47 Å². The van der Waals surface area contributed by atoms with E-state index in [9.17, 15) is 14.7 Å². The normalized spacial score (nSPS) is 24.7. The van der Waals surface area contributed by atoms with Crippen molar-refractivity contribution in [2.45, 2.75) is 43.7 Å². The van der Waals surface area contributed by atoms with E-state index in [0.717, 1.165) is 32.1 Å². The molecule has 0 radical (unpaired) electrons. The second-order valence-electron chi connectivity index (χ2n) is 6.51. The Hall–Kier alpha value is -1.96. The summed E-state index contributed by atoms with van der Waals surface area (Å²) >= 11 is 3.36. The van der Waals surface area contributed by atoms with Gasteiger partial charge in [-0.25, -0.2) is 9.59 Å². The lowest BCUT2D eigenvalue weighted by Gasteiger charge is -2.42. The maximum atomic E-state index is 12.2. The van der Waals surface area contributed by atoms with Gasteiger partial charge >= 0.3 is 12.2 Å². The fraction of sp³-hybridized carbons (Fsp3) is 0.529. The van der Waals surface area contributed by atoms with Gasteiger partial charge in [0, 0.05) is 16.6 Å². The molecule has 7 nitrogen and oxygen atoms in total. The second-order valence-corrected chi connectivity index (χ2v) is 7.36. The number of halogens is 1. The van der Waals surface area contributed by atoms with Crippen molar-refractivity contribution in [3.63, 3.8) is 0 Å². The van der Waals surface area contributed by atoms with Crippen molar-refractivity contribution in [3.8, 4) is 5.75 Å². The summed E-state index contributed by atoms with van der Waals surface area (Å²) in [5.74, 6) is 0.611. The molecule has 2 aliphatic rings. The molecule has 0 saturated carbocycles. The minimum atomic E-state index is -0.929. The fourth-order valence-electron chi connectivity index (χ4n) is 3.90. The van der Waals surface area contributed by atoms with Gasteiger partial charge < -0.3 is 14.6 Å². The van der Waals surface area contributed by atoms with E-state index in [1.54, 1.807) is 25.3 Å². The summed E-state index contributed by atoms with van der Waals surface area (Å²) in [6, 6.07) is 5.26. The van der Waals surface area contributed by atoms with Crippen molar-refractivity contribution in [1.82, 2.24) is 4.90 Å². The lowest BCUT2D eigenvalue weighted by Crippen LogP contribution is -2.55. The summed E-state index contributed by atoms with van der Waals surface area (Å²) < 4.78 is 11.2. The summed E-state index contributed by atoms with van der Waals surface area (Å²) in [7, 11) is 1.55. The third-order valence-corrected chi connectivity index (χ3v) is 5.78. The van der Waals surface area contributed by atoms with Crippen LogP contribution in [0.5, 0.6) is 5.75 Å². The zero-order chi connectivity index (χ0) is 18.0. The number of hydrogen-bond acceptors (Lipinski definition) is 4. The van der Waals surface area contributed by atoms with Gasteiger partial charge in [-0.3, -0.25) is 10.2 Å². The van der Waals surface area contributed by atoms with Gasteiger partial charge in [-0.15, -0.1) is 0 Å². The molecule has 0 spiro atoms. The van der Waals surface area contributed by atoms with Crippen LogP contribution in [0.3, 0.4) is 0 Å². The molecule has 136 valence electrons. The van der Waals surface area contributed by atoms with Crippen molar-refractivity contribution in [2.24, 2.45) is 0 Å². The lowest BCUT2D eigenvalue weighted by atomic mass is 9.89. The van der Waals surface area contributed by atoms with Crippen molar-refractivity contribution in [2.75, 3.05) is 19.0 Å². The van der Waals surface area contributed by atoms with Gasteiger partial charge in [-0.05, 0) is 60.2 Å². The number of fused-ring (bicyclic) bond motifs is 2. The molecule has 2 heterocycles. The minimum Gasteiger partial charge on any atom is -0.497 e. The Balaban J connectivity index is 1.65. The predicted octanol–water partition coefficient (Wildman–Crippen LogP) is 4.07. The number of rotatable bonds is 4. The number of anilines is 1. The van der Waals surface area contributed by atoms with E-state index in [2.05, 4.69) is 21.2 Å². The Morgan fingerprint density at radius 1 is 1.40 bits per heavy atom. The maximum Gasteiger partial charge on any atom is 0.411 e. The number of methoxy groups -OCH3 is 1. The molecule has 2 amide bonds. The van der Waals surface area contributed by atoms with Crippen molar-refractivity contribution in [1.29, 1.82) is 0 Å². The highest BCUT2D eigenvalue weighted by atomic mass is 79.9. The van der Waals surface area contributed by atoms with Gasteiger partial charge in [-0.1, -0.05) is 0 Å². The monoisotopic (exact) mass is 412 g/mol. The molecule has 3 rings (SSSR count). The second kappa shape index (κ2) is 7.11. The van der Waals surface area contributed by atoms with Gasteiger partial charge in [0.1, 0.15) is 12.4 Å². The van der Waals surface area contributed by atoms with E-state index < -0.39 is 17.7 Å². The number of amides is 2. The Kier molecular flexibility index (Phi) is 5.08. The average Bonchev–Trinajstić information content (AvgIpc) is 2.82. The van der Waals surface area contributed by atoms with Crippen LogP contribution in [0, 0.1) is 0 Å². The third-order valence-electron chi connectivity index (χ3n) is 5.09. The number of carbonyl (C=O) groups excluding carboxylic acids is 1. The predicted molar refractivity (Wildman–Crippen MR) is 95.1 cm³/mol. The Bertz CT molecular complexity index is 679. The highest BCUT2D eigenvalue weighted by Crippen LogP contribution is 2.44. The van der Waals surface area contributed by atoms with Crippen LogP contribution >= 0.6 is 15.9 Å². The number of ether oxygens (including phenoxy) is 2. The molecule has 2 fully saturated rings. The number of carboxylic acid groups (broad SMARTS) is 1. The molecule has 1 aromatic carbocycles. The number of benzene rings is 1. The standard InChI is InChI=1S/C17H21BrN2O5/c1-24-12-4-5-13(18)14(9-12)19-15(21)25-10-17-7-2-3-11(6-8-17)20(17)16(22)23/h4-5,9,11H,2-3,6-8,10H2,1H3,(H,19,21)(H,22,23)/t11-,17+/m1/s1.